The van der Waals surface area contributed by atoms with Crippen molar-refractivity contribution in [2.24, 2.45) is 4.99 Å². The summed E-state index contributed by atoms with van der Waals surface area (Å²) in [5.41, 5.74) is -1.64. The van der Waals surface area contributed by atoms with Crippen LogP contribution in [0.5, 0.6) is 0 Å². The Labute approximate surface area is 179 Å². The summed E-state index contributed by atoms with van der Waals surface area (Å²) in [6.45, 7) is 8.39. The highest BCUT2D eigenvalue weighted by molar-refractivity contribution is 9.10. The second-order valence-corrected chi connectivity index (χ2v) is 9.54. The number of aliphatic imine (C=N–C) groups is 1. The van der Waals surface area contributed by atoms with E-state index in [1.807, 2.05) is 6.92 Å². The molecule has 160 valence electrons. The number of benzene rings is 1. The Morgan fingerprint density at radius 2 is 2.03 bits per heavy atom. The number of carbonyl (C=O) groups excluding carboxylic acids is 1. The van der Waals surface area contributed by atoms with Gasteiger partial charge in [0, 0.05) is 29.3 Å². The summed E-state index contributed by atoms with van der Waals surface area (Å²) in [6, 6.07) is 4.91. The summed E-state index contributed by atoms with van der Waals surface area (Å²) in [4.78, 5) is 17.1. The standard InChI is InChI=1S/C21H28BrFN2O4/c1-5-21(15-12-14(22)6-7-16(15)23)13-20(8-10-27-11-9-20)28-17(25-21)24-18(26)29-19(2,3)4/h6-7,12H,5,8-11,13H2,1-4H3,(H,24,25,26)/t21-/m0/s1. The Hall–Kier alpha value is -1.67. The van der Waals surface area contributed by atoms with Crippen LogP contribution in [0.3, 0.4) is 0 Å². The van der Waals surface area contributed by atoms with Crippen LogP contribution in [-0.2, 0) is 19.7 Å². The molecule has 1 aromatic carbocycles. The fraction of sp³-hybridized carbons (Fsp3) is 0.619. The highest BCUT2D eigenvalue weighted by Gasteiger charge is 2.50. The van der Waals surface area contributed by atoms with E-state index in [0.717, 1.165) is 4.47 Å². The molecule has 1 aromatic rings. The monoisotopic (exact) mass is 470 g/mol. The van der Waals surface area contributed by atoms with Crippen molar-refractivity contribution in [2.75, 3.05) is 13.2 Å². The second-order valence-electron chi connectivity index (χ2n) is 8.63. The lowest BCUT2D eigenvalue weighted by atomic mass is 9.74. The summed E-state index contributed by atoms with van der Waals surface area (Å²) in [7, 11) is 0. The van der Waals surface area contributed by atoms with E-state index in [2.05, 4.69) is 21.2 Å². The number of amides is 1. The van der Waals surface area contributed by atoms with Gasteiger partial charge in [0.25, 0.3) is 6.02 Å². The zero-order valence-electron chi connectivity index (χ0n) is 17.3. The number of alkyl carbamates (subject to hydrolysis) is 1. The lowest BCUT2D eigenvalue weighted by Crippen LogP contribution is -2.54. The fourth-order valence-electron chi connectivity index (χ4n) is 3.90. The van der Waals surface area contributed by atoms with Gasteiger partial charge in [0.2, 0.25) is 0 Å². The number of halogens is 2. The van der Waals surface area contributed by atoms with Gasteiger partial charge >= 0.3 is 6.09 Å². The molecule has 8 heteroatoms. The molecule has 0 unspecified atom stereocenters. The highest BCUT2D eigenvalue weighted by Crippen LogP contribution is 2.47. The molecule has 1 fully saturated rings. The quantitative estimate of drug-likeness (QED) is 0.656. The summed E-state index contributed by atoms with van der Waals surface area (Å²) in [6.07, 6.45) is 1.68. The third-order valence-electron chi connectivity index (χ3n) is 5.27. The fourth-order valence-corrected chi connectivity index (χ4v) is 4.26. The predicted octanol–water partition coefficient (Wildman–Crippen LogP) is 5.04. The van der Waals surface area contributed by atoms with Gasteiger partial charge in [0.05, 0.1) is 18.8 Å². The van der Waals surface area contributed by atoms with Crippen LogP contribution >= 0.6 is 15.9 Å². The van der Waals surface area contributed by atoms with E-state index in [4.69, 9.17) is 19.2 Å². The van der Waals surface area contributed by atoms with Crippen LogP contribution < -0.4 is 5.32 Å². The molecule has 2 aliphatic heterocycles. The van der Waals surface area contributed by atoms with Gasteiger partial charge in [0.15, 0.2) is 0 Å². The summed E-state index contributed by atoms with van der Waals surface area (Å²) in [5.74, 6) is -0.334. The molecule has 1 spiro atoms. The van der Waals surface area contributed by atoms with E-state index in [9.17, 15) is 9.18 Å². The average Bonchev–Trinajstić information content (AvgIpc) is 2.62. The Kier molecular flexibility index (Phi) is 6.24. The molecule has 0 radical (unpaired) electrons. The van der Waals surface area contributed by atoms with Crippen LogP contribution in [0.1, 0.15) is 58.9 Å². The molecule has 1 atom stereocenters. The van der Waals surface area contributed by atoms with E-state index >= 15 is 0 Å². The van der Waals surface area contributed by atoms with Crippen molar-refractivity contribution in [2.45, 2.75) is 70.1 Å². The first kappa shape index (κ1) is 22.0. The van der Waals surface area contributed by atoms with Gasteiger partial charge in [0.1, 0.15) is 17.0 Å². The predicted molar refractivity (Wildman–Crippen MR) is 111 cm³/mol. The van der Waals surface area contributed by atoms with Gasteiger partial charge in [-0.2, -0.15) is 0 Å². The number of hydrogen-bond acceptors (Lipinski definition) is 5. The zero-order valence-corrected chi connectivity index (χ0v) is 18.9. The lowest BCUT2D eigenvalue weighted by Gasteiger charge is -2.47. The molecule has 1 N–H and O–H groups in total. The molecule has 0 bridgehead atoms. The van der Waals surface area contributed by atoms with Crippen LogP contribution in [0.4, 0.5) is 9.18 Å². The number of hydrogen-bond donors (Lipinski definition) is 1. The Morgan fingerprint density at radius 3 is 2.66 bits per heavy atom. The van der Waals surface area contributed by atoms with Crippen molar-refractivity contribution in [3.05, 3.63) is 34.1 Å². The molecule has 29 heavy (non-hydrogen) atoms. The topological polar surface area (TPSA) is 69.2 Å². The smallest absolute Gasteiger partial charge is 0.415 e. The molecule has 1 saturated heterocycles. The molecular weight excluding hydrogens is 443 g/mol. The van der Waals surface area contributed by atoms with Crippen LogP contribution in [-0.4, -0.2) is 36.5 Å². The number of ether oxygens (including phenoxy) is 3. The van der Waals surface area contributed by atoms with Gasteiger partial charge in [-0.25, -0.2) is 19.5 Å². The highest BCUT2D eigenvalue weighted by atomic mass is 79.9. The number of nitrogens with one attached hydrogen (secondary N) is 1. The number of amidine groups is 1. The van der Waals surface area contributed by atoms with E-state index in [1.165, 1.54) is 6.07 Å². The minimum Gasteiger partial charge on any atom is -0.458 e. The first-order valence-electron chi connectivity index (χ1n) is 9.89. The Balaban J connectivity index is 2.02. The molecule has 6 nitrogen and oxygen atoms in total. The number of rotatable bonds is 2. The van der Waals surface area contributed by atoms with Crippen LogP contribution in [0.25, 0.3) is 0 Å². The van der Waals surface area contributed by atoms with Crippen LogP contribution in [0, 0.1) is 5.82 Å². The van der Waals surface area contributed by atoms with E-state index in [-0.39, 0.29) is 11.8 Å². The Bertz CT molecular complexity index is 802. The van der Waals surface area contributed by atoms with E-state index in [1.54, 1.807) is 32.9 Å². The minimum absolute atomic E-state index is 0.0635. The van der Waals surface area contributed by atoms with Gasteiger partial charge in [-0.1, -0.05) is 22.9 Å². The Morgan fingerprint density at radius 1 is 1.34 bits per heavy atom. The molecule has 0 aliphatic carbocycles. The van der Waals surface area contributed by atoms with Crippen LogP contribution in [0.15, 0.2) is 27.7 Å². The van der Waals surface area contributed by atoms with E-state index in [0.29, 0.717) is 44.5 Å². The summed E-state index contributed by atoms with van der Waals surface area (Å²) in [5, 5.41) is 2.63. The molecule has 2 heterocycles. The van der Waals surface area contributed by atoms with Crippen molar-refractivity contribution in [1.29, 1.82) is 0 Å². The normalized spacial score (nSPS) is 23.9. The van der Waals surface area contributed by atoms with Crippen molar-refractivity contribution >= 4 is 28.0 Å². The molecular formula is C21H28BrFN2O4. The lowest BCUT2D eigenvalue weighted by molar-refractivity contribution is -0.0837. The third kappa shape index (κ3) is 5.09. The molecule has 2 aliphatic rings. The van der Waals surface area contributed by atoms with Crippen molar-refractivity contribution in [3.63, 3.8) is 0 Å². The SMILES string of the molecule is CC[C@@]1(c2cc(Br)ccc2F)CC2(CCOCC2)OC(NC(=O)OC(C)(C)C)=N1. The van der Waals surface area contributed by atoms with Crippen molar-refractivity contribution in [1.82, 2.24) is 5.32 Å². The second kappa shape index (κ2) is 8.22. The summed E-state index contributed by atoms with van der Waals surface area (Å²) >= 11 is 3.44. The first-order chi connectivity index (χ1) is 13.6. The van der Waals surface area contributed by atoms with Gasteiger partial charge < -0.3 is 14.2 Å². The molecule has 3 rings (SSSR count). The van der Waals surface area contributed by atoms with Gasteiger partial charge in [-0.05, 0) is 45.4 Å². The first-order valence-corrected chi connectivity index (χ1v) is 10.7. The summed E-state index contributed by atoms with van der Waals surface area (Å²) < 4.78 is 32.7. The third-order valence-corrected chi connectivity index (χ3v) is 5.76. The van der Waals surface area contributed by atoms with Crippen molar-refractivity contribution in [3.8, 4) is 0 Å². The van der Waals surface area contributed by atoms with Gasteiger partial charge in [-0.3, -0.25) is 0 Å². The molecule has 1 amide bonds. The van der Waals surface area contributed by atoms with Crippen LogP contribution in [0.2, 0.25) is 0 Å². The maximum absolute atomic E-state index is 14.9. The van der Waals surface area contributed by atoms with Gasteiger partial charge in [-0.15, -0.1) is 0 Å². The molecule has 0 saturated carbocycles. The van der Waals surface area contributed by atoms with E-state index < -0.39 is 22.8 Å². The molecule has 0 aromatic heterocycles. The maximum Gasteiger partial charge on any atom is 0.415 e. The van der Waals surface area contributed by atoms with Crippen molar-refractivity contribution < 1.29 is 23.4 Å². The minimum atomic E-state index is -0.867. The largest absolute Gasteiger partial charge is 0.458 e. The zero-order chi connectivity index (χ0) is 21.3. The maximum atomic E-state index is 14.9. The number of nitrogens with zero attached hydrogens (tertiary/aromatic N) is 1. The average molecular weight is 471 g/mol. The number of carbonyl (C=O) groups is 1.